The molecule has 0 saturated carbocycles. The van der Waals surface area contributed by atoms with Crippen LogP contribution in [0.1, 0.15) is 44.9 Å². The fraction of sp³-hybridized carbons (Fsp3) is 0.667. The Morgan fingerprint density at radius 1 is 1.45 bits per heavy atom. The number of hydrogen-bond donors (Lipinski definition) is 1. The minimum absolute atomic E-state index is 0.700. The summed E-state index contributed by atoms with van der Waals surface area (Å²) in [5.74, 6) is 3.23. The third-order valence-corrected chi connectivity index (χ3v) is 4.05. The van der Waals surface area contributed by atoms with Gasteiger partial charge in [-0.3, -0.25) is 0 Å². The van der Waals surface area contributed by atoms with Crippen molar-refractivity contribution in [3.05, 3.63) is 17.6 Å². The maximum atomic E-state index is 4.68. The third-order valence-electron chi connectivity index (χ3n) is 4.05. The first-order valence-electron chi connectivity index (χ1n) is 7.60. The van der Waals surface area contributed by atoms with Gasteiger partial charge in [-0.15, -0.1) is 0 Å². The fourth-order valence-electron chi connectivity index (χ4n) is 2.84. The van der Waals surface area contributed by atoms with Crippen molar-refractivity contribution in [2.24, 2.45) is 11.8 Å². The van der Waals surface area contributed by atoms with Crippen molar-refractivity contribution in [2.45, 2.75) is 46.5 Å². The molecule has 1 aliphatic rings. The number of rotatable bonds is 4. The van der Waals surface area contributed by atoms with Crippen LogP contribution >= 0.6 is 0 Å². The minimum Gasteiger partial charge on any atom is -0.370 e. The Morgan fingerprint density at radius 3 is 3.10 bits per heavy atom. The zero-order valence-corrected chi connectivity index (χ0v) is 12.6. The number of hydrogen-bond acceptors (Lipinski definition) is 4. The predicted molar refractivity (Wildman–Crippen MR) is 79.9 cm³/mol. The molecule has 20 heavy (non-hydrogen) atoms. The van der Waals surface area contributed by atoms with Gasteiger partial charge in [0.05, 0.1) is 5.69 Å². The van der Waals surface area contributed by atoms with E-state index >= 15 is 0 Å². The molecule has 0 aliphatic heterocycles. The minimum atomic E-state index is 0.700. The molecule has 0 spiro atoms. The number of aromatic nitrogens is 4. The van der Waals surface area contributed by atoms with Crippen LogP contribution in [0, 0.1) is 11.8 Å². The van der Waals surface area contributed by atoms with Gasteiger partial charge in [-0.2, -0.15) is 14.6 Å². The molecule has 1 aliphatic carbocycles. The second-order valence-electron chi connectivity index (χ2n) is 6.31. The van der Waals surface area contributed by atoms with Gasteiger partial charge in [-0.1, -0.05) is 20.8 Å². The molecule has 1 N–H and O–H groups in total. The summed E-state index contributed by atoms with van der Waals surface area (Å²) in [6.45, 7) is 7.76. The van der Waals surface area contributed by atoms with Crippen molar-refractivity contribution in [2.75, 3.05) is 11.9 Å². The summed E-state index contributed by atoms with van der Waals surface area (Å²) < 4.78 is 1.86. The molecule has 0 fully saturated rings. The van der Waals surface area contributed by atoms with Crippen LogP contribution < -0.4 is 5.32 Å². The average Bonchev–Trinajstić information content (AvgIpc) is 2.85. The maximum absolute atomic E-state index is 4.68. The van der Waals surface area contributed by atoms with Gasteiger partial charge < -0.3 is 5.32 Å². The Kier molecular flexibility index (Phi) is 3.59. The lowest BCUT2D eigenvalue weighted by Gasteiger charge is -2.23. The van der Waals surface area contributed by atoms with Crippen molar-refractivity contribution < 1.29 is 0 Å². The quantitative estimate of drug-likeness (QED) is 0.930. The van der Waals surface area contributed by atoms with Crippen LogP contribution in [-0.2, 0) is 12.8 Å². The van der Waals surface area contributed by atoms with Gasteiger partial charge in [0, 0.05) is 12.1 Å². The molecule has 0 radical (unpaired) electrons. The van der Waals surface area contributed by atoms with Gasteiger partial charge in [-0.05, 0) is 37.5 Å². The Bertz CT molecular complexity index is 602. The normalized spacial score (nSPS) is 18.5. The highest BCUT2D eigenvalue weighted by Gasteiger charge is 2.22. The van der Waals surface area contributed by atoms with Gasteiger partial charge >= 0.3 is 0 Å². The molecule has 2 aromatic heterocycles. The van der Waals surface area contributed by atoms with E-state index in [2.05, 4.69) is 41.2 Å². The van der Waals surface area contributed by atoms with Crippen molar-refractivity contribution in [3.8, 4) is 0 Å². The molecule has 2 heterocycles. The fourth-order valence-corrected chi connectivity index (χ4v) is 2.84. The van der Waals surface area contributed by atoms with E-state index in [4.69, 9.17) is 0 Å². The van der Waals surface area contributed by atoms with Gasteiger partial charge in [0.15, 0.2) is 0 Å². The van der Waals surface area contributed by atoms with E-state index in [1.807, 2.05) is 4.52 Å². The lowest BCUT2D eigenvalue weighted by molar-refractivity contribution is 0.490. The van der Waals surface area contributed by atoms with E-state index in [9.17, 15) is 0 Å². The third kappa shape index (κ3) is 2.49. The van der Waals surface area contributed by atoms with Crippen LogP contribution in [0.3, 0.4) is 0 Å². The maximum Gasteiger partial charge on any atom is 0.254 e. The first kappa shape index (κ1) is 13.3. The number of nitrogens with zero attached hydrogens (tertiary/aromatic N) is 4. The van der Waals surface area contributed by atoms with Gasteiger partial charge in [0.1, 0.15) is 12.1 Å². The number of fused-ring (bicyclic) bond motifs is 2. The van der Waals surface area contributed by atoms with Gasteiger partial charge in [0.2, 0.25) is 0 Å². The van der Waals surface area contributed by atoms with Crippen LogP contribution in [0.25, 0.3) is 5.78 Å². The van der Waals surface area contributed by atoms with Crippen molar-refractivity contribution in [1.82, 2.24) is 19.6 Å². The summed E-state index contributed by atoms with van der Waals surface area (Å²) in [6.07, 6.45) is 6.11. The average molecular weight is 273 g/mol. The lowest BCUT2D eigenvalue weighted by Crippen LogP contribution is -2.19. The summed E-state index contributed by atoms with van der Waals surface area (Å²) in [4.78, 5) is 8.94. The van der Waals surface area contributed by atoms with Gasteiger partial charge in [-0.25, -0.2) is 4.98 Å². The molecule has 0 aromatic carbocycles. The van der Waals surface area contributed by atoms with Gasteiger partial charge in [0.25, 0.3) is 5.78 Å². The first-order valence-corrected chi connectivity index (χ1v) is 7.60. The smallest absolute Gasteiger partial charge is 0.254 e. The monoisotopic (exact) mass is 273 g/mol. The zero-order chi connectivity index (χ0) is 14.1. The summed E-state index contributed by atoms with van der Waals surface area (Å²) in [5.41, 5.74) is 2.54. The van der Waals surface area contributed by atoms with Crippen LogP contribution in [0.2, 0.25) is 0 Å². The van der Waals surface area contributed by atoms with E-state index in [0.717, 1.165) is 31.6 Å². The van der Waals surface area contributed by atoms with Crippen molar-refractivity contribution >= 4 is 11.6 Å². The molecule has 1 atom stereocenters. The summed E-state index contributed by atoms with van der Waals surface area (Å²) in [6, 6.07) is 0. The standard InChI is InChI=1S/C15H23N5/c1-10(2)6-7-16-14-12-5-4-11(3)8-13(12)19-15-17-9-18-20(14)15/h9-11,16H,4-8H2,1-3H3. The summed E-state index contributed by atoms with van der Waals surface area (Å²) in [5, 5.41) is 7.89. The molecular formula is C15H23N5. The zero-order valence-electron chi connectivity index (χ0n) is 12.6. The number of anilines is 1. The van der Waals surface area contributed by atoms with Crippen LogP contribution in [0.15, 0.2) is 6.33 Å². The van der Waals surface area contributed by atoms with Crippen LogP contribution in [-0.4, -0.2) is 26.1 Å². The van der Waals surface area contributed by atoms with E-state index in [1.54, 1.807) is 6.33 Å². The molecular weight excluding hydrogens is 250 g/mol. The van der Waals surface area contributed by atoms with Crippen molar-refractivity contribution in [3.63, 3.8) is 0 Å². The highest BCUT2D eigenvalue weighted by atomic mass is 15.4. The van der Waals surface area contributed by atoms with Crippen molar-refractivity contribution in [1.29, 1.82) is 0 Å². The molecule has 108 valence electrons. The Morgan fingerprint density at radius 2 is 2.30 bits per heavy atom. The Hall–Kier alpha value is -1.65. The van der Waals surface area contributed by atoms with E-state index < -0.39 is 0 Å². The molecule has 0 amide bonds. The second kappa shape index (κ2) is 5.38. The van der Waals surface area contributed by atoms with E-state index in [1.165, 1.54) is 17.7 Å². The largest absolute Gasteiger partial charge is 0.370 e. The Labute approximate surface area is 119 Å². The molecule has 1 unspecified atom stereocenters. The summed E-state index contributed by atoms with van der Waals surface area (Å²) in [7, 11) is 0. The molecule has 5 heteroatoms. The van der Waals surface area contributed by atoms with Crippen LogP contribution in [0.5, 0.6) is 0 Å². The van der Waals surface area contributed by atoms with E-state index in [-0.39, 0.29) is 0 Å². The topological polar surface area (TPSA) is 55.1 Å². The molecule has 0 bridgehead atoms. The van der Waals surface area contributed by atoms with E-state index in [0.29, 0.717) is 17.6 Å². The summed E-state index contributed by atoms with van der Waals surface area (Å²) >= 11 is 0. The molecule has 3 rings (SSSR count). The SMILES string of the molecule is CC(C)CCNc1c2c(nc3ncnn13)CC(C)CC2. The second-order valence-corrected chi connectivity index (χ2v) is 6.31. The lowest BCUT2D eigenvalue weighted by atomic mass is 9.88. The molecule has 0 saturated heterocycles. The Balaban J connectivity index is 1.97. The van der Waals surface area contributed by atoms with Crippen LogP contribution in [0.4, 0.5) is 5.82 Å². The first-order chi connectivity index (χ1) is 9.65. The highest BCUT2D eigenvalue weighted by Crippen LogP contribution is 2.29. The number of nitrogens with one attached hydrogen (secondary N) is 1. The predicted octanol–water partition coefficient (Wildman–Crippen LogP) is 2.71. The molecule has 5 nitrogen and oxygen atoms in total. The highest BCUT2D eigenvalue weighted by molar-refractivity contribution is 5.53. The molecule has 2 aromatic rings.